The number of nitrogens with one attached hydrogen (secondary N) is 1. The van der Waals surface area contributed by atoms with Crippen LogP contribution in [0.3, 0.4) is 0 Å². The lowest BCUT2D eigenvalue weighted by atomic mass is 10.0. The van der Waals surface area contributed by atoms with Crippen molar-refractivity contribution in [3.63, 3.8) is 0 Å². The maximum absolute atomic E-state index is 4.63. The summed E-state index contributed by atoms with van der Waals surface area (Å²) in [6, 6.07) is 0.630. The summed E-state index contributed by atoms with van der Waals surface area (Å²) < 4.78 is 0. The van der Waals surface area contributed by atoms with Gasteiger partial charge in [0.05, 0.1) is 12.2 Å². The van der Waals surface area contributed by atoms with Gasteiger partial charge >= 0.3 is 0 Å². The number of piperazine rings is 1. The van der Waals surface area contributed by atoms with Crippen LogP contribution in [0.4, 0.5) is 0 Å². The van der Waals surface area contributed by atoms with Crippen LogP contribution in [0.25, 0.3) is 0 Å². The fraction of sp³-hybridized carbons (Fsp3) is 0.769. The molecule has 1 unspecified atom stereocenters. The van der Waals surface area contributed by atoms with Crippen molar-refractivity contribution in [1.82, 2.24) is 15.2 Å². The summed E-state index contributed by atoms with van der Waals surface area (Å²) in [5.74, 6) is 0.706. The molecule has 1 N–H and O–H groups in total. The first-order chi connectivity index (χ1) is 8.06. The van der Waals surface area contributed by atoms with Crippen LogP contribution in [0.1, 0.15) is 29.4 Å². The summed E-state index contributed by atoms with van der Waals surface area (Å²) in [6.07, 6.45) is 0. The van der Waals surface area contributed by atoms with E-state index in [-0.39, 0.29) is 0 Å². The Labute approximate surface area is 108 Å². The van der Waals surface area contributed by atoms with Crippen LogP contribution >= 0.6 is 11.3 Å². The zero-order valence-electron chi connectivity index (χ0n) is 11.3. The van der Waals surface area contributed by atoms with Crippen LogP contribution < -0.4 is 5.32 Å². The van der Waals surface area contributed by atoms with Crippen molar-refractivity contribution in [1.29, 1.82) is 0 Å². The highest BCUT2D eigenvalue weighted by atomic mass is 32.1. The van der Waals surface area contributed by atoms with Crippen LogP contribution in [0.2, 0.25) is 0 Å². The number of thiazole rings is 1. The summed E-state index contributed by atoms with van der Waals surface area (Å²) in [7, 11) is 0. The molecule has 4 heteroatoms. The molecule has 1 fully saturated rings. The number of nitrogens with zero attached hydrogens (tertiary/aromatic N) is 2. The fourth-order valence-corrected chi connectivity index (χ4v) is 3.21. The molecule has 1 aliphatic heterocycles. The minimum Gasteiger partial charge on any atom is -0.311 e. The van der Waals surface area contributed by atoms with E-state index in [2.05, 4.69) is 42.9 Å². The van der Waals surface area contributed by atoms with Gasteiger partial charge in [0.25, 0.3) is 0 Å². The van der Waals surface area contributed by atoms with Crippen molar-refractivity contribution < 1.29 is 0 Å². The summed E-state index contributed by atoms with van der Waals surface area (Å²) in [6.45, 7) is 13.2. The lowest BCUT2D eigenvalue weighted by Crippen LogP contribution is -2.52. The quantitative estimate of drug-likeness (QED) is 0.895. The van der Waals surface area contributed by atoms with E-state index in [0.717, 1.165) is 26.2 Å². The third-order valence-electron chi connectivity index (χ3n) is 3.53. The number of aromatic nitrogens is 1. The smallest absolute Gasteiger partial charge is 0.107 e. The highest BCUT2D eigenvalue weighted by Crippen LogP contribution is 2.19. The Morgan fingerprint density at radius 2 is 2.24 bits per heavy atom. The van der Waals surface area contributed by atoms with Gasteiger partial charge in [-0.3, -0.25) is 4.90 Å². The maximum Gasteiger partial charge on any atom is 0.107 e. The lowest BCUT2D eigenvalue weighted by Gasteiger charge is -2.35. The van der Waals surface area contributed by atoms with E-state index in [9.17, 15) is 0 Å². The first kappa shape index (κ1) is 13.0. The molecule has 2 rings (SSSR count). The molecule has 0 bridgehead atoms. The molecule has 17 heavy (non-hydrogen) atoms. The Balaban J connectivity index is 1.94. The number of hydrogen-bond acceptors (Lipinski definition) is 4. The Morgan fingerprint density at radius 1 is 1.47 bits per heavy atom. The third kappa shape index (κ3) is 3.27. The van der Waals surface area contributed by atoms with Crippen molar-refractivity contribution >= 4 is 11.3 Å². The molecule has 1 saturated heterocycles. The fourth-order valence-electron chi connectivity index (χ4n) is 2.23. The topological polar surface area (TPSA) is 28.2 Å². The molecule has 96 valence electrons. The minimum atomic E-state index is 0.630. The molecule has 1 aromatic rings. The van der Waals surface area contributed by atoms with Gasteiger partial charge < -0.3 is 5.32 Å². The van der Waals surface area contributed by atoms with E-state index in [4.69, 9.17) is 0 Å². The average Bonchev–Trinajstić information content (AvgIpc) is 2.58. The molecule has 0 aromatic carbocycles. The predicted molar refractivity (Wildman–Crippen MR) is 73.5 cm³/mol. The largest absolute Gasteiger partial charge is 0.311 e. The molecular weight excluding hydrogens is 230 g/mol. The van der Waals surface area contributed by atoms with Gasteiger partial charge in [-0.15, -0.1) is 11.3 Å². The monoisotopic (exact) mass is 253 g/mol. The van der Waals surface area contributed by atoms with Gasteiger partial charge in [-0.2, -0.15) is 0 Å². The van der Waals surface area contributed by atoms with E-state index in [1.165, 1.54) is 15.6 Å². The van der Waals surface area contributed by atoms with Gasteiger partial charge in [-0.05, 0) is 19.8 Å². The summed E-state index contributed by atoms with van der Waals surface area (Å²) >= 11 is 1.84. The van der Waals surface area contributed by atoms with E-state index >= 15 is 0 Å². The van der Waals surface area contributed by atoms with Gasteiger partial charge in [0.2, 0.25) is 0 Å². The SMILES string of the molecule is Cc1nc(CN2CCNC(C(C)C)C2)sc1C. The van der Waals surface area contributed by atoms with Gasteiger partial charge in [-0.25, -0.2) is 4.98 Å². The van der Waals surface area contributed by atoms with Crippen molar-refractivity contribution in [2.45, 2.75) is 40.3 Å². The maximum atomic E-state index is 4.63. The Bertz CT molecular complexity index is 353. The third-order valence-corrected chi connectivity index (χ3v) is 4.58. The highest BCUT2D eigenvalue weighted by Gasteiger charge is 2.22. The second kappa shape index (κ2) is 5.46. The molecule has 0 spiro atoms. The molecule has 0 amide bonds. The summed E-state index contributed by atoms with van der Waals surface area (Å²) in [4.78, 5) is 8.51. The van der Waals surface area contributed by atoms with Crippen LogP contribution in [-0.2, 0) is 6.54 Å². The van der Waals surface area contributed by atoms with Crippen molar-refractivity contribution in [3.8, 4) is 0 Å². The average molecular weight is 253 g/mol. The van der Waals surface area contributed by atoms with Gasteiger partial charge in [0.1, 0.15) is 5.01 Å². The first-order valence-corrected chi connectivity index (χ1v) is 7.26. The van der Waals surface area contributed by atoms with Crippen molar-refractivity contribution in [2.75, 3.05) is 19.6 Å². The first-order valence-electron chi connectivity index (χ1n) is 6.45. The normalized spacial score (nSPS) is 22.3. The molecule has 3 nitrogen and oxygen atoms in total. The van der Waals surface area contributed by atoms with Gasteiger partial charge in [-0.1, -0.05) is 13.8 Å². The van der Waals surface area contributed by atoms with E-state index in [1.807, 2.05) is 11.3 Å². The molecule has 1 aliphatic rings. The molecule has 0 aliphatic carbocycles. The Kier molecular flexibility index (Phi) is 4.17. The highest BCUT2D eigenvalue weighted by molar-refractivity contribution is 7.11. The van der Waals surface area contributed by atoms with Crippen molar-refractivity contribution in [3.05, 3.63) is 15.6 Å². The number of aryl methyl sites for hydroxylation is 2. The molecule has 2 heterocycles. The standard InChI is InChI=1S/C13H23N3S/c1-9(2)12-7-16(6-5-14-12)8-13-15-10(3)11(4)17-13/h9,12,14H,5-8H2,1-4H3. The zero-order chi connectivity index (χ0) is 12.4. The molecular formula is C13H23N3S. The summed E-state index contributed by atoms with van der Waals surface area (Å²) in [5, 5.41) is 4.86. The molecule has 0 saturated carbocycles. The number of rotatable bonds is 3. The lowest BCUT2D eigenvalue weighted by molar-refractivity contribution is 0.168. The van der Waals surface area contributed by atoms with E-state index < -0.39 is 0 Å². The van der Waals surface area contributed by atoms with E-state index in [1.54, 1.807) is 0 Å². The molecule has 1 aromatic heterocycles. The van der Waals surface area contributed by atoms with E-state index in [0.29, 0.717) is 12.0 Å². The van der Waals surface area contributed by atoms with Crippen LogP contribution in [0.5, 0.6) is 0 Å². The van der Waals surface area contributed by atoms with Gasteiger partial charge in [0.15, 0.2) is 0 Å². The molecule has 0 radical (unpaired) electrons. The molecule has 1 atom stereocenters. The van der Waals surface area contributed by atoms with Crippen LogP contribution in [0, 0.1) is 19.8 Å². The second-order valence-corrected chi connectivity index (χ2v) is 6.58. The summed E-state index contributed by atoms with van der Waals surface area (Å²) in [5.41, 5.74) is 1.19. The predicted octanol–water partition coefficient (Wildman–Crippen LogP) is 2.19. The Morgan fingerprint density at radius 3 is 2.82 bits per heavy atom. The number of hydrogen-bond donors (Lipinski definition) is 1. The minimum absolute atomic E-state index is 0.630. The van der Waals surface area contributed by atoms with Crippen LogP contribution in [-0.4, -0.2) is 35.6 Å². The van der Waals surface area contributed by atoms with Crippen LogP contribution in [0.15, 0.2) is 0 Å². The Hall–Kier alpha value is -0.450. The second-order valence-electron chi connectivity index (χ2n) is 5.29. The van der Waals surface area contributed by atoms with Crippen molar-refractivity contribution in [2.24, 2.45) is 5.92 Å². The zero-order valence-corrected chi connectivity index (χ0v) is 12.1. The van der Waals surface area contributed by atoms with Gasteiger partial charge in [0, 0.05) is 30.6 Å².